The number of likely N-dealkylation sites (N-methyl/N-ethyl adjacent to an activating group) is 1. The molecule has 234 valence electrons. The Labute approximate surface area is 264 Å². The number of methoxy groups -OCH3 is 3. The zero-order chi connectivity index (χ0) is 31.7. The maximum absolute atomic E-state index is 14.5. The lowest BCUT2D eigenvalue weighted by molar-refractivity contribution is 0.252. The van der Waals surface area contributed by atoms with E-state index in [0.29, 0.717) is 41.2 Å². The number of aryl methyl sites for hydroxylation is 2. The van der Waals surface area contributed by atoms with Crippen LogP contribution in [0, 0.1) is 13.8 Å². The lowest BCUT2D eigenvalue weighted by Gasteiger charge is -2.37. The zero-order valence-corrected chi connectivity index (χ0v) is 26.6. The van der Waals surface area contributed by atoms with Gasteiger partial charge in [-0.25, -0.2) is 14.7 Å². The van der Waals surface area contributed by atoms with E-state index in [-0.39, 0.29) is 6.03 Å². The van der Waals surface area contributed by atoms with Gasteiger partial charge in [-0.05, 0) is 56.3 Å². The van der Waals surface area contributed by atoms with Crippen molar-refractivity contribution in [1.82, 2.24) is 14.9 Å². The Morgan fingerprint density at radius 2 is 1.58 bits per heavy atom. The predicted molar refractivity (Wildman–Crippen MR) is 177 cm³/mol. The number of nitrogens with one attached hydrogen (secondary N) is 1. The van der Waals surface area contributed by atoms with Gasteiger partial charge in [-0.1, -0.05) is 18.2 Å². The minimum absolute atomic E-state index is 0.248. The average molecular weight is 610 g/mol. The van der Waals surface area contributed by atoms with Gasteiger partial charge in [0, 0.05) is 55.8 Å². The lowest BCUT2D eigenvalue weighted by Crippen LogP contribution is -2.46. The van der Waals surface area contributed by atoms with Gasteiger partial charge >= 0.3 is 6.03 Å². The summed E-state index contributed by atoms with van der Waals surface area (Å²) in [6, 6.07) is 17.2. The number of fused-ring (bicyclic) bond motifs is 1. The number of hydrogen-bond acceptors (Lipinski definition) is 9. The van der Waals surface area contributed by atoms with Gasteiger partial charge in [-0.3, -0.25) is 4.90 Å². The number of benzene rings is 3. The molecule has 11 nitrogen and oxygen atoms in total. The van der Waals surface area contributed by atoms with Crippen LogP contribution in [0.4, 0.5) is 39.3 Å². The number of urea groups is 1. The van der Waals surface area contributed by atoms with Gasteiger partial charge in [0.25, 0.3) is 0 Å². The van der Waals surface area contributed by atoms with Crippen molar-refractivity contribution in [3.05, 3.63) is 77.5 Å². The molecule has 2 aliphatic rings. The first-order valence-electron chi connectivity index (χ1n) is 15.0. The Morgan fingerprint density at radius 1 is 0.844 bits per heavy atom. The summed E-state index contributed by atoms with van der Waals surface area (Å²) in [5.74, 6) is 2.58. The van der Waals surface area contributed by atoms with Crippen LogP contribution in [-0.2, 0) is 6.54 Å². The van der Waals surface area contributed by atoms with Crippen LogP contribution in [0.5, 0.6) is 17.2 Å². The molecule has 1 aromatic heterocycles. The second-order valence-electron chi connectivity index (χ2n) is 11.3. The molecule has 0 unspecified atom stereocenters. The van der Waals surface area contributed by atoms with Gasteiger partial charge in [0.2, 0.25) is 5.95 Å². The lowest BCUT2D eigenvalue weighted by atomic mass is 10.1. The quantitative estimate of drug-likeness (QED) is 0.262. The first kappa shape index (κ1) is 30.0. The highest BCUT2D eigenvalue weighted by atomic mass is 16.5. The highest BCUT2D eigenvalue weighted by Crippen LogP contribution is 2.43. The molecule has 0 aliphatic carbocycles. The number of aromatic nitrogens is 2. The molecular formula is C34H39N7O4. The molecule has 3 heterocycles. The number of ether oxygens (including phenoxy) is 3. The van der Waals surface area contributed by atoms with Crippen molar-refractivity contribution in [3.8, 4) is 17.2 Å². The van der Waals surface area contributed by atoms with E-state index in [0.717, 1.165) is 59.9 Å². The van der Waals surface area contributed by atoms with Crippen LogP contribution in [0.3, 0.4) is 0 Å². The molecule has 0 bridgehead atoms. The maximum atomic E-state index is 14.5. The van der Waals surface area contributed by atoms with Crippen molar-refractivity contribution in [2.45, 2.75) is 20.4 Å². The van der Waals surface area contributed by atoms with Crippen molar-refractivity contribution in [2.75, 3.05) is 74.6 Å². The van der Waals surface area contributed by atoms with E-state index in [4.69, 9.17) is 19.2 Å². The van der Waals surface area contributed by atoms with Crippen LogP contribution in [0.2, 0.25) is 0 Å². The van der Waals surface area contributed by atoms with Crippen molar-refractivity contribution < 1.29 is 19.0 Å². The fraction of sp³-hybridized carbons (Fsp3) is 0.324. The van der Waals surface area contributed by atoms with Crippen LogP contribution >= 0.6 is 0 Å². The summed E-state index contributed by atoms with van der Waals surface area (Å²) in [6.07, 6.45) is 1.77. The van der Waals surface area contributed by atoms with Gasteiger partial charge in [0.1, 0.15) is 17.2 Å². The van der Waals surface area contributed by atoms with Gasteiger partial charge in [-0.2, -0.15) is 4.98 Å². The normalized spacial score (nSPS) is 15.2. The number of anilines is 6. The summed E-state index contributed by atoms with van der Waals surface area (Å²) in [7, 11) is 6.96. The van der Waals surface area contributed by atoms with Gasteiger partial charge in [0.15, 0.2) is 5.82 Å². The van der Waals surface area contributed by atoms with Crippen molar-refractivity contribution in [2.24, 2.45) is 0 Å². The van der Waals surface area contributed by atoms with E-state index in [1.807, 2.05) is 50.2 Å². The molecule has 0 radical (unpaired) electrons. The monoisotopic (exact) mass is 609 g/mol. The van der Waals surface area contributed by atoms with Crippen LogP contribution in [0.25, 0.3) is 0 Å². The fourth-order valence-electron chi connectivity index (χ4n) is 5.97. The van der Waals surface area contributed by atoms with E-state index < -0.39 is 0 Å². The molecule has 1 saturated heterocycles. The van der Waals surface area contributed by atoms with E-state index >= 15 is 0 Å². The second-order valence-corrected chi connectivity index (χ2v) is 11.3. The number of piperazine rings is 1. The molecule has 0 spiro atoms. The Balaban J connectivity index is 1.40. The molecule has 1 fully saturated rings. The largest absolute Gasteiger partial charge is 0.497 e. The summed E-state index contributed by atoms with van der Waals surface area (Å²) < 4.78 is 16.9. The van der Waals surface area contributed by atoms with Gasteiger partial charge in [-0.15, -0.1) is 0 Å². The third-order valence-electron chi connectivity index (χ3n) is 8.44. The van der Waals surface area contributed by atoms with Crippen molar-refractivity contribution >= 4 is 40.5 Å². The number of carbonyl (C=O) groups is 1. The number of para-hydroxylation sites is 1. The van der Waals surface area contributed by atoms with Crippen LogP contribution < -0.4 is 34.2 Å². The fourth-order valence-corrected chi connectivity index (χ4v) is 5.97. The third kappa shape index (κ3) is 5.78. The zero-order valence-electron chi connectivity index (χ0n) is 26.6. The molecular weight excluding hydrogens is 570 g/mol. The molecule has 3 aromatic carbocycles. The minimum atomic E-state index is -0.248. The predicted octanol–water partition coefficient (Wildman–Crippen LogP) is 5.89. The number of nitrogens with zero attached hydrogens (tertiary/aromatic N) is 6. The molecule has 11 heteroatoms. The molecule has 1 N–H and O–H groups in total. The standard InChI is InChI=1S/C34H39N7O4/c1-22-8-7-9-23(2)31(22)40-21-24-20-35-33(36-27-12-10-25(18-29(27)44-5)39-16-14-38(3)15-17-39)37-32(24)41(34(40)42)28-13-11-26(43-4)19-30(28)45-6/h7-13,18-20H,14-17,21H2,1-6H3,(H,35,36,37). The molecule has 4 aromatic rings. The van der Waals surface area contributed by atoms with E-state index in [9.17, 15) is 4.79 Å². The topological polar surface area (TPSA) is 95.5 Å². The van der Waals surface area contributed by atoms with Gasteiger partial charge in [0.05, 0.1) is 44.9 Å². The summed E-state index contributed by atoms with van der Waals surface area (Å²) in [5.41, 5.74) is 6.02. The molecule has 0 saturated carbocycles. The van der Waals surface area contributed by atoms with Crippen molar-refractivity contribution in [3.63, 3.8) is 0 Å². The number of amides is 2. The second kappa shape index (κ2) is 12.5. The molecule has 2 aliphatic heterocycles. The summed E-state index contributed by atoms with van der Waals surface area (Å²) >= 11 is 0. The summed E-state index contributed by atoms with van der Waals surface area (Å²) in [4.78, 5) is 32.1. The van der Waals surface area contributed by atoms with Crippen LogP contribution in [0.1, 0.15) is 16.7 Å². The first-order valence-corrected chi connectivity index (χ1v) is 15.0. The Morgan fingerprint density at radius 3 is 2.27 bits per heavy atom. The molecule has 45 heavy (non-hydrogen) atoms. The van der Waals surface area contributed by atoms with Gasteiger partial charge < -0.3 is 29.3 Å². The number of rotatable bonds is 8. The molecule has 0 atom stereocenters. The van der Waals surface area contributed by atoms with Crippen LogP contribution in [-0.4, -0.2) is 75.5 Å². The van der Waals surface area contributed by atoms with E-state index in [2.05, 4.69) is 33.2 Å². The van der Waals surface area contributed by atoms with E-state index in [1.165, 1.54) is 0 Å². The Kier molecular flexibility index (Phi) is 8.36. The smallest absolute Gasteiger partial charge is 0.335 e. The highest BCUT2D eigenvalue weighted by molar-refractivity contribution is 6.11. The third-order valence-corrected chi connectivity index (χ3v) is 8.44. The Hall–Kier alpha value is -5.03. The summed E-state index contributed by atoms with van der Waals surface area (Å²) in [5, 5.41) is 3.33. The highest BCUT2D eigenvalue weighted by Gasteiger charge is 2.37. The van der Waals surface area contributed by atoms with Crippen molar-refractivity contribution in [1.29, 1.82) is 0 Å². The first-order chi connectivity index (χ1) is 21.8. The summed E-state index contributed by atoms with van der Waals surface area (Å²) in [6.45, 7) is 8.28. The Bertz CT molecular complexity index is 1700. The maximum Gasteiger partial charge on any atom is 0.335 e. The minimum Gasteiger partial charge on any atom is -0.497 e. The number of hydrogen-bond donors (Lipinski definition) is 1. The van der Waals surface area contributed by atoms with Crippen LogP contribution in [0.15, 0.2) is 60.8 Å². The van der Waals surface area contributed by atoms with E-state index in [1.54, 1.807) is 49.5 Å². The SMILES string of the molecule is COc1ccc(N2C(=O)N(c3c(C)cccc3C)Cc3cnc(Nc4ccc(N5CCN(C)CC5)cc4OC)nc32)c(OC)c1. The number of carbonyl (C=O) groups excluding carboxylic acids is 1. The molecule has 6 rings (SSSR count). The molecule has 2 amide bonds. The average Bonchev–Trinajstić information content (AvgIpc) is 3.05.